The number of imidazole rings is 1. The SMILES string of the molecule is c1csc(-c2nccc3[nH]c(-c4n[nH]c5ccc(-c6cncc(OC7CCNCC7)c6)cc45)nc23)c1. The number of H-pyrrole nitrogens is 2. The quantitative estimate of drug-likeness (QED) is 0.296. The zero-order valence-corrected chi connectivity index (χ0v) is 20.2. The van der Waals surface area contributed by atoms with E-state index in [1.807, 2.05) is 36.0 Å². The fourth-order valence-electron chi connectivity index (χ4n) is 4.76. The van der Waals surface area contributed by atoms with Crippen LogP contribution in [0.2, 0.25) is 0 Å². The number of piperidine rings is 1. The van der Waals surface area contributed by atoms with Gasteiger partial charge < -0.3 is 15.0 Å². The van der Waals surface area contributed by atoms with E-state index in [0.717, 1.165) is 81.0 Å². The van der Waals surface area contributed by atoms with Crippen LogP contribution in [0.1, 0.15) is 12.8 Å². The topological polar surface area (TPSA) is 104 Å². The number of benzene rings is 1. The van der Waals surface area contributed by atoms with E-state index in [2.05, 4.69) is 54.7 Å². The summed E-state index contributed by atoms with van der Waals surface area (Å²) >= 11 is 1.65. The Morgan fingerprint density at radius 2 is 1.89 bits per heavy atom. The molecule has 0 radical (unpaired) electrons. The van der Waals surface area contributed by atoms with E-state index in [1.165, 1.54) is 0 Å². The lowest BCUT2D eigenvalue weighted by Gasteiger charge is -2.23. The second-order valence-corrected chi connectivity index (χ2v) is 9.88. The predicted octanol–water partition coefficient (Wildman–Crippen LogP) is 5.42. The van der Waals surface area contributed by atoms with E-state index in [4.69, 9.17) is 9.72 Å². The highest BCUT2D eigenvalue weighted by molar-refractivity contribution is 7.13. The number of ether oxygens (including phenoxy) is 1. The molecule has 0 aliphatic carbocycles. The zero-order valence-electron chi connectivity index (χ0n) is 19.4. The number of nitrogens with one attached hydrogen (secondary N) is 3. The van der Waals surface area contributed by atoms with Crippen molar-refractivity contribution >= 4 is 33.3 Å². The van der Waals surface area contributed by atoms with Crippen LogP contribution in [0.5, 0.6) is 5.75 Å². The summed E-state index contributed by atoms with van der Waals surface area (Å²) in [6.07, 6.45) is 7.72. The lowest BCUT2D eigenvalue weighted by Crippen LogP contribution is -2.34. The van der Waals surface area contributed by atoms with Crippen LogP contribution in [0.15, 0.2) is 66.4 Å². The largest absolute Gasteiger partial charge is 0.489 e. The van der Waals surface area contributed by atoms with Gasteiger partial charge in [0.1, 0.15) is 28.8 Å². The molecule has 9 heteroatoms. The normalized spacial score (nSPS) is 14.6. The van der Waals surface area contributed by atoms with E-state index >= 15 is 0 Å². The fraction of sp³-hybridized carbons (Fsp3) is 0.185. The molecule has 1 aromatic carbocycles. The molecule has 36 heavy (non-hydrogen) atoms. The third-order valence-corrected chi connectivity index (χ3v) is 7.45. The standard InChI is InChI=1S/C27H23N7OS/c1-2-23(36-11-1)26-25-22(7-10-30-26)31-27(32-25)24-20-13-16(3-4-21(20)33-34-24)17-12-19(15-29-14-17)35-18-5-8-28-9-6-18/h1-4,7,10-15,18,28H,5-6,8-9H2,(H,31,32)(H,33,34). The number of pyridine rings is 2. The number of rotatable bonds is 5. The van der Waals surface area contributed by atoms with Crippen molar-refractivity contribution in [1.82, 2.24) is 35.5 Å². The Morgan fingerprint density at radius 3 is 2.78 bits per heavy atom. The fourth-order valence-corrected chi connectivity index (χ4v) is 5.48. The van der Waals surface area contributed by atoms with Gasteiger partial charge in [0, 0.05) is 23.3 Å². The van der Waals surface area contributed by atoms with Gasteiger partial charge in [-0.25, -0.2) is 4.98 Å². The highest BCUT2D eigenvalue weighted by Gasteiger charge is 2.18. The molecule has 0 unspecified atom stereocenters. The molecule has 1 fully saturated rings. The lowest BCUT2D eigenvalue weighted by molar-refractivity contribution is 0.162. The van der Waals surface area contributed by atoms with Crippen molar-refractivity contribution in [2.24, 2.45) is 0 Å². The van der Waals surface area contributed by atoms with E-state index in [1.54, 1.807) is 17.5 Å². The first-order valence-corrected chi connectivity index (χ1v) is 12.9. The first-order valence-electron chi connectivity index (χ1n) is 12.0. The maximum absolute atomic E-state index is 6.22. The van der Waals surface area contributed by atoms with Gasteiger partial charge in [-0.1, -0.05) is 12.1 Å². The molecule has 8 nitrogen and oxygen atoms in total. The molecule has 178 valence electrons. The summed E-state index contributed by atoms with van der Waals surface area (Å²) in [5.74, 6) is 1.51. The predicted molar refractivity (Wildman–Crippen MR) is 142 cm³/mol. The minimum Gasteiger partial charge on any atom is -0.489 e. The van der Waals surface area contributed by atoms with Crippen molar-refractivity contribution < 1.29 is 4.74 Å². The molecule has 0 saturated carbocycles. The van der Waals surface area contributed by atoms with Crippen LogP contribution in [0.25, 0.3) is 55.2 Å². The van der Waals surface area contributed by atoms with Gasteiger partial charge in [0.25, 0.3) is 0 Å². The van der Waals surface area contributed by atoms with Crippen LogP contribution in [0.4, 0.5) is 0 Å². The number of hydrogen-bond donors (Lipinski definition) is 3. The number of aromatic nitrogens is 6. The van der Waals surface area contributed by atoms with Gasteiger partial charge in [0.2, 0.25) is 0 Å². The molecule has 1 aliphatic heterocycles. The molecule has 3 N–H and O–H groups in total. The summed E-state index contributed by atoms with van der Waals surface area (Å²) in [4.78, 5) is 18.5. The van der Waals surface area contributed by atoms with Gasteiger partial charge in [0.15, 0.2) is 5.82 Å². The molecule has 7 rings (SSSR count). The van der Waals surface area contributed by atoms with Crippen molar-refractivity contribution in [2.45, 2.75) is 18.9 Å². The lowest BCUT2D eigenvalue weighted by atomic mass is 10.0. The molecule has 6 heterocycles. The van der Waals surface area contributed by atoms with E-state index in [9.17, 15) is 0 Å². The van der Waals surface area contributed by atoms with Crippen molar-refractivity contribution in [2.75, 3.05) is 13.1 Å². The smallest absolute Gasteiger partial charge is 0.159 e. The highest BCUT2D eigenvalue weighted by Crippen LogP contribution is 2.34. The number of fused-ring (bicyclic) bond motifs is 2. The minimum absolute atomic E-state index is 0.230. The summed E-state index contributed by atoms with van der Waals surface area (Å²) < 4.78 is 6.22. The van der Waals surface area contributed by atoms with Crippen LogP contribution in [-0.4, -0.2) is 49.3 Å². The van der Waals surface area contributed by atoms with Gasteiger partial charge in [-0.15, -0.1) is 11.3 Å². The monoisotopic (exact) mass is 493 g/mol. The van der Waals surface area contributed by atoms with Crippen LogP contribution < -0.4 is 10.1 Å². The Morgan fingerprint density at radius 1 is 0.944 bits per heavy atom. The third-order valence-electron chi connectivity index (χ3n) is 6.58. The van der Waals surface area contributed by atoms with Crippen molar-refractivity contribution in [1.29, 1.82) is 0 Å². The first-order chi connectivity index (χ1) is 17.8. The second-order valence-electron chi connectivity index (χ2n) is 8.93. The maximum atomic E-state index is 6.22. The molecular formula is C27H23N7OS. The minimum atomic E-state index is 0.230. The molecular weight excluding hydrogens is 470 g/mol. The van der Waals surface area contributed by atoms with Crippen molar-refractivity contribution in [3.8, 4) is 39.0 Å². The molecule has 0 spiro atoms. The van der Waals surface area contributed by atoms with E-state index < -0.39 is 0 Å². The maximum Gasteiger partial charge on any atom is 0.159 e. The summed E-state index contributed by atoms with van der Waals surface area (Å²) in [7, 11) is 0. The van der Waals surface area contributed by atoms with Gasteiger partial charge in [0.05, 0.1) is 22.1 Å². The molecule has 0 bridgehead atoms. The number of thiophene rings is 1. The molecule has 6 aromatic rings. The van der Waals surface area contributed by atoms with E-state index in [-0.39, 0.29) is 6.10 Å². The summed E-state index contributed by atoms with van der Waals surface area (Å²) in [6, 6.07) is 14.4. The number of aromatic amines is 2. The van der Waals surface area contributed by atoms with Crippen LogP contribution >= 0.6 is 11.3 Å². The Balaban J connectivity index is 1.26. The Bertz CT molecular complexity index is 1660. The molecule has 1 saturated heterocycles. The summed E-state index contributed by atoms with van der Waals surface area (Å²) in [6.45, 7) is 1.98. The van der Waals surface area contributed by atoms with Crippen LogP contribution in [-0.2, 0) is 0 Å². The Hall–Kier alpha value is -4.08. The van der Waals surface area contributed by atoms with E-state index in [0.29, 0.717) is 5.82 Å². The Kier molecular flexibility index (Phi) is 5.22. The molecule has 0 amide bonds. The zero-order chi connectivity index (χ0) is 23.9. The highest BCUT2D eigenvalue weighted by atomic mass is 32.1. The first kappa shape index (κ1) is 21.2. The molecule has 1 aliphatic rings. The van der Waals surface area contributed by atoms with Gasteiger partial charge in [-0.2, -0.15) is 5.10 Å². The Labute approximate surface area is 210 Å². The second kappa shape index (κ2) is 8.85. The summed E-state index contributed by atoms with van der Waals surface area (Å²) in [5.41, 5.74) is 6.42. The van der Waals surface area contributed by atoms with Gasteiger partial charge in [-0.3, -0.25) is 15.1 Å². The average molecular weight is 494 g/mol. The van der Waals surface area contributed by atoms with Gasteiger partial charge in [-0.05, 0) is 67.2 Å². The summed E-state index contributed by atoms with van der Waals surface area (Å²) in [5, 5.41) is 14.2. The molecule has 5 aromatic heterocycles. The number of hydrogen-bond acceptors (Lipinski definition) is 7. The van der Waals surface area contributed by atoms with Gasteiger partial charge >= 0.3 is 0 Å². The molecule has 0 atom stereocenters. The number of nitrogens with zero attached hydrogens (tertiary/aromatic N) is 4. The van der Waals surface area contributed by atoms with Crippen LogP contribution in [0.3, 0.4) is 0 Å². The average Bonchev–Trinajstić information content (AvgIpc) is 3.68. The van der Waals surface area contributed by atoms with Crippen molar-refractivity contribution in [3.05, 3.63) is 66.4 Å². The van der Waals surface area contributed by atoms with Crippen LogP contribution in [0, 0.1) is 0 Å². The van der Waals surface area contributed by atoms with Crippen molar-refractivity contribution in [3.63, 3.8) is 0 Å². The third kappa shape index (κ3) is 3.82.